The smallest absolute Gasteiger partial charge is 0.238 e. The number of ether oxygens (including phenoxy) is 2. The van der Waals surface area contributed by atoms with Gasteiger partial charge >= 0.3 is 0 Å². The van der Waals surface area contributed by atoms with Gasteiger partial charge in [0.2, 0.25) is 5.95 Å². The SMILES string of the molecule is COc1cc2cnc(NCl)nc2cc1OC. The Hall–Kier alpha value is -1.75. The number of halogens is 1. The van der Waals surface area contributed by atoms with Gasteiger partial charge in [-0.2, -0.15) is 0 Å². The lowest BCUT2D eigenvalue weighted by atomic mass is 10.2. The fraction of sp³-hybridized carbons (Fsp3) is 0.200. The van der Waals surface area contributed by atoms with Gasteiger partial charge in [-0.05, 0) is 6.07 Å². The van der Waals surface area contributed by atoms with Crippen LogP contribution in [-0.4, -0.2) is 24.2 Å². The molecule has 2 aromatic rings. The molecule has 6 heteroatoms. The van der Waals surface area contributed by atoms with Gasteiger partial charge in [0, 0.05) is 29.4 Å². The summed E-state index contributed by atoms with van der Waals surface area (Å²) in [6.45, 7) is 0. The van der Waals surface area contributed by atoms with E-state index in [0.717, 1.165) is 10.9 Å². The standard InChI is InChI=1S/C10H10ClN3O2/c1-15-8-3-6-5-12-10(14-11)13-7(6)4-9(8)16-2/h3-5H,1-2H3,(H,12,13,14). The van der Waals surface area contributed by atoms with Gasteiger partial charge in [0.05, 0.1) is 19.7 Å². The molecule has 84 valence electrons. The number of fused-ring (bicyclic) bond motifs is 1. The number of hydrogen-bond acceptors (Lipinski definition) is 5. The molecule has 0 aliphatic heterocycles. The number of anilines is 1. The average Bonchev–Trinajstić information content (AvgIpc) is 2.36. The lowest BCUT2D eigenvalue weighted by Gasteiger charge is -2.08. The van der Waals surface area contributed by atoms with E-state index in [1.807, 2.05) is 6.07 Å². The maximum Gasteiger partial charge on any atom is 0.238 e. The van der Waals surface area contributed by atoms with Crippen LogP contribution in [0.25, 0.3) is 10.9 Å². The van der Waals surface area contributed by atoms with Crippen molar-refractivity contribution in [1.82, 2.24) is 9.97 Å². The first-order chi connectivity index (χ1) is 7.78. The van der Waals surface area contributed by atoms with E-state index in [4.69, 9.17) is 21.3 Å². The zero-order valence-corrected chi connectivity index (χ0v) is 9.58. The zero-order chi connectivity index (χ0) is 11.5. The predicted octanol–water partition coefficient (Wildman–Crippen LogP) is 2.21. The minimum atomic E-state index is 0.349. The topological polar surface area (TPSA) is 56.3 Å². The molecule has 0 bridgehead atoms. The molecule has 0 aliphatic rings. The lowest BCUT2D eigenvalue weighted by Crippen LogP contribution is -1.94. The Morgan fingerprint density at radius 3 is 2.50 bits per heavy atom. The minimum absolute atomic E-state index is 0.349. The molecule has 0 aliphatic carbocycles. The molecule has 0 saturated heterocycles. The summed E-state index contributed by atoms with van der Waals surface area (Å²) in [5.41, 5.74) is 0.732. The van der Waals surface area contributed by atoms with Gasteiger partial charge in [0.1, 0.15) is 0 Å². The Kier molecular flexibility index (Phi) is 2.96. The van der Waals surface area contributed by atoms with E-state index < -0.39 is 0 Å². The molecule has 1 N–H and O–H groups in total. The Labute approximate surface area is 97.5 Å². The van der Waals surface area contributed by atoms with E-state index in [1.165, 1.54) is 0 Å². The number of benzene rings is 1. The van der Waals surface area contributed by atoms with Gasteiger partial charge in [0.25, 0.3) is 0 Å². The minimum Gasteiger partial charge on any atom is -0.493 e. The van der Waals surface area contributed by atoms with Gasteiger partial charge < -0.3 is 9.47 Å². The first-order valence-electron chi connectivity index (χ1n) is 4.54. The number of nitrogens with one attached hydrogen (secondary N) is 1. The van der Waals surface area contributed by atoms with Crippen molar-refractivity contribution in [1.29, 1.82) is 0 Å². The van der Waals surface area contributed by atoms with E-state index in [9.17, 15) is 0 Å². The summed E-state index contributed by atoms with van der Waals surface area (Å²) in [4.78, 5) is 10.6. The van der Waals surface area contributed by atoms with Crippen molar-refractivity contribution in [3.8, 4) is 11.5 Å². The third-order valence-corrected chi connectivity index (χ3v) is 2.34. The van der Waals surface area contributed by atoms with Crippen LogP contribution < -0.4 is 14.3 Å². The summed E-state index contributed by atoms with van der Waals surface area (Å²) in [6.07, 6.45) is 1.66. The van der Waals surface area contributed by atoms with Crippen LogP contribution in [0.1, 0.15) is 0 Å². The molecule has 0 fully saturated rings. The second kappa shape index (κ2) is 4.40. The highest BCUT2D eigenvalue weighted by Crippen LogP contribution is 2.31. The lowest BCUT2D eigenvalue weighted by molar-refractivity contribution is 0.356. The maximum atomic E-state index is 5.43. The molecule has 0 amide bonds. The van der Waals surface area contributed by atoms with E-state index >= 15 is 0 Å². The van der Waals surface area contributed by atoms with E-state index in [0.29, 0.717) is 17.4 Å². The van der Waals surface area contributed by atoms with Crippen LogP contribution in [0.4, 0.5) is 5.95 Å². The molecule has 0 saturated carbocycles. The van der Waals surface area contributed by atoms with Crippen molar-refractivity contribution in [2.45, 2.75) is 0 Å². The third-order valence-electron chi connectivity index (χ3n) is 2.17. The number of methoxy groups -OCH3 is 2. The van der Waals surface area contributed by atoms with Crippen LogP contribution in [0.2, 0.25) is 0 Å². The normalized spacial score (nSPS) is 10.2. The van der Waals surface area contributed by atoms with Crippen molar-refractivity contribution in [2.75, 3.05) is 19.1 Å². The van der Waals surface area contributed by atoms with E-state index in [2.05, 4.69) is 14.8 Å². The molecular formula is C10H10ClN3O2. The number of rotatable bonds is 3. The van der Waals surface area contributed by atoms with E-state index in [1.54, 1.807) is 26.5 Å². The molecule has 1 aromatic heterocycles. The highest BCUT2D eigenvalue weighted by Gasteiger charge is 2.07. The fourth-order valence-corrected chi connectivity index (χ4v) is 1.49. The van der Waals surface area contributed by atoms with Crippen LogP contribution in [0.5, 0.6) is 11.5 Å². The number of hydrogen-bond donors (Lipinski definition) is 1. The van der Waals surface area contributed by atoms with Crippen molar-refractivity contribution < 1.29 is 9.47 Å². The molecule has 0 radical (unpaired) electrons. The Bertz CT molecular complexity index is 519. The molecule has 0 spiro atoms. The summed E-state index contributed by atoms with van der Waals surface area (Å²) in [5, 5.41) is 0.855. The summed E-state index contributed by atoms with van der Waals surface area (Å²) in [6, 6.07) is 3.58. The largest absolute Gasteiger partial charge is 0.493 e. The first kappa shape index (κ1) is 10.8. The maximum absolute atomic E-state index is 5.43. The van der Waals surface area contributed by atoms with E-state index in [-0.39, 0.29) is 0 Å². The second-order valence-electron chi connectivity index (χ2n) is 3.05. The molecule has 5 nitrogen and oxygen atoms in total. The molecular weight excluding hydrogens is 230 g/mol. The summed E-state index contributed by atoms with van der Waals surface area (Å²) >= 11 is 5.43. The van der Waals surface area contributed by atoms with Crippen LogP contribution in [0, 0.1) is 0 Å². The Morgan fingerprint density at radius 2 is 1.88 bits per heavy atom. The highest BCUT2D eigenvalue weighted by atomic mass is 35.5. The van der Waals surface area contributed by atoms with Crippen molar-refractivity contribution in [3.05, 3.63) is 18.3 Å². The predicted molar refractivity (Wildman–Crippen MR) is 62.1 cm³/mol. The molecule has 0 atom stereocenters. The average molecular weight is 240 g/mol. The molecule has 2 rings (SSSR count). The van der Waals surface area contributed by atoms with Crippen LogP contribution >= 0.6 is 11.8 Å². The van der Waals surface area contributed by atoms with Crippen LogP contribution in [0.3, 0.4) is 0 Å². The Balaban J connectivity index is 2.63. The highest BCUT2D eigenvalue weighted by molar-refractivity contribution is 6.23. The molecule has 16 heavy (non-hydrogen) atoms. The molecule has 0 unspecified atom stereocenters. The van der Waals surface area contributed by atoms with Crippen LogP contribution in [-0.2, 0) is 0 Å². The van der Waals surface area contributed by atoms with Gasteiger partial charge in [-0.1, -0.05) is 0 Å². The summed E-state index contributed by atoms with van der Waals surface area (Å²) in [5.74, 6) is 1.61. The van der Waals surface area contributed by atoms with Crippen LogP contribution in [0.15, 0.2) is 18.3 Å². The first-order valence-corrected chi connectivity index (χ1v) is 4.91. The van der Waals surface area contributed by atoms with Gasteiger partial charge in [0.15, 0.2) is 11.5 Å². The van der Waals surface area contributed by atoms with Gasteiger partial charge in [-0.25, -0.2) is 9.97 Å². The summed E-state index contributed by atoms with van der Waals surface area (Å²) < 4.78 is 10.4. The molecule has 1 heterocycles. The van der Waals surface area contributed by atoms with Gasteiger partial charge in [-0.15, -0.1) is 0 Å². The fourth-order valence-electron chi connectivity index (χ4n) is 1.40. The van der Waals surface area contributed by atoms with Crippen molar-refractivity contribution in [2.24, 2.45) is 0 Å². The number of aromatic nitrogens is 2. The zero-order valence-electron chi connectivity index (χ0n) is 8.82. The van der Waals surface area contributed by atoms with Gasteiger partial charge in [-0.3, -0.25) is 4.84 Å². The van der Waals surface area contributed by atoms with Crippen molar-refractivity contribution >= 4 is 28.6 Å². The monoisotopic (exact) mass is 239 g/mol. The number of nitrogens with zero attached hydrogens (tertiary/aromatic N) is 2. The second-order valence-corrected chi connectivity index (χ2v) is 3.24. The molecule has 1 aromatic carbocycles. The Morgan fingerprint density at radius 1 is 1.19 bits per heavy atom. The third kappa shape index (κ3) is 1.81. The van der Waals surface area contributed by atoms with Crippen molar-refractivity contribution in [3.63, 3.8) is 0 Å². The quantitative estimate of drug-likeness (QED) is 0.833. The summed E-state index contributed by atoms with van der Waals surface area (Å²) in [7, 11) is 3.16.